The van der Waals surface area contributed by atoms with Crippen molar-refractivity contribution in [1.82, 2.24) is 0 Å². The molecule has 1 aliphatic rings. The highest BCUT2D eigenvalue weighted by molar-refractivity contribution is 8.00. The number of hydrogen-bond acceptors (Lipinski definition) is 6. The van der Waals surface area contributed by atoms with Crippen LogP contribution in [-0.2, 0) is 4.74 Å². The Kier molecular flexibility index (Phi) is 3.79. The van der Waals surface area contributed by atoms with Crippen molar-refractivity contribution in [1.29, 1.82) is 0 Å². The van der Waals surface area contributed by atoms with Gasteiger partial charge in [-0.15, -0.1) is 0 Å². The molecule has 0 radical (unpaired) electrons. The Balaban J connectivity index is 2.25. The third-order valence-corrected chi connectivity index (χ3v) is 3.72. The Labute approximate surface area is 109 Å². The lowest BCUT2D eigenvalue weighted by molar-refractivity contribution is -0.143. The monoisotopic (exact) mass is 269 g/mol. The summed E-state index contributed by atoms with van der Waals surface area (Å²) in [6, 6.07) is 6.65. The van der Waals surface area contributed by atoms with Gasteiger partial charge in [0.15, 0.2) is 0 Å². The number of carbonyl (C=O) groups is 1. The summed E-state index contributed by atoms with van der Waals surface area (Å²) in [6.45, 7) is 2.05. The van der Waals surface area contributed by atoms with E-state index in [-0.39, 0.29) is 6.42 Å². The number of esters is 1. The smallest absolute Gasteiger partial charge is 0.338 e. The molecule has 5 nitrogen and oxygen atoms in total. The van der Waals surface area contributed by atoms with Gasteiger partial charge in [0, 0.05) is 12.2 Å². The number of ether oxygens (including phenoxy) is 1. The average Bonchev–Trinajstić information content (AvgIpc) is 2.69. The third-order valence-electron chi connectivity index (χ3n) is 2.57. The van der Waals surface area contributed by atoms with Crippen molar-refractivity contribution in [2.24, 2.45) is 0 Å². The summed E-state index contributed by atoms with van der Waals surface area (Å²) in [6.07, 6.45) is 0.265. The summed E-state index contributed by atoms with van der Waals surface area (Å²) < 4.78 is 6.31. The molecule has 2 N–H and O–H groups in total. The molecule has 2 rings (SSSR count). The van der Waals surface area contributed by atoms with Gasteiger partial charge in [-0.05, 0) is 37.1 Å². The van der Waals surface area contributed by atoms with Crippen molar-refractivity contribution in [3.05, 3.63) is 29.8 Å². The molecule has 0 aliphatic carbocycles. The van der Waals surface area contributed by atoms with Crippen LogP contribution in [0.25, 0.3) is 0 Å². The maximum Gasteiger partial charge on any atom is 0.338 e. The Morgan fingerprint density at radius 2 is 2.33 bits per heavy atom. The first-order valence-corrected chi connectivity index (χ1v) is 6.64. The minimum atomic E-state index is -1.86. The van der Waals surface area contributed by atoms with Crippen LogP contribution in [0.5, 0.6) is 0 Å². The fourth-order valence-electron chi connectivity index (χ4n) is 1.73. The van der Waals surface area contributed by atoms with Crippen LogP contribution < -0.4 is 4.31 Å². The minimum absolute atomic E-state index is 0.265. The molecule has 18 heavy (non-hydrogen) atoms. The van der Waals surface area contributed by atoms with Crippen LogP contribution in [0, 0.1) is 0 Å². The molecular weight excluding hydrogens is 254 g/mol. The van der Waals surface area contributed by atoms with Crippen LogP contribution in [0.1, 0.15) is 23.7 Å². The first kappa shape index (κ1) is 13.2. The highest BCUT2D eigenvalue weighted by Crippen LogP contribution is 2.37. The summed E-state index contributed by atoms with van der Waals surface area (Å²) >= 11 is 1.32. The molecule has 98 valence electrons. The van der Waals surface area contributed by atoms with Gasteiger partial charge in [0.2, 0.25) is 0 Å². The third kappa shape index (κ3) is 2.60. The molecule has 1 fully saturated rings. The predicted octanol–water partition coefficient (Wildman–Crippen LogP) is 1.36. The maximum absolute atomic E-state index is 11.6. The molecule has 0 aromatic heterocycles. The number of hydrogen-bond donors (Lipinski definition) is 2. The summed E-state index contributed by atoms with van der Waals surface area (Å²) in [5.41, 5.74) is 0.978. The Bertz CT molecular complexity index is 449. The van der Waals surface area contributed by atoms with E-state index in [2.05, 4.69) is 0 Å². The van der Waals surface area contributed by atoms with Crippen LogP contribution in [0.4, 0.5) is 5.69 Å². The molecule has 1 aromatic carbocycles. The quantitative estimate of drug-likeness (QED) is 0.490. The van der Waals surface area contributed by atoms with Gasteiger partial charge >= 0.3 is 5.97 Å². The second kappa shape index (κ2) is 5.17. The molecule has 0 spiro atoms. The number of anilines is 1. The van der Waals surface area contributed by atoms with Gasteiger partial charge in [-0.1, -0.05) is 6.07 Å². The molecule has 6 heteroatoms. The molecule has 1 aromatic rings. The standard InChI is InChI=1S/C12H15NO4S/c1-2-17-11(14)9-4-3-5-10(8-9)13-12(15,16)6-7-18-13/h3-5,8,15-16H,2,6-7H2,1H3. The van der Waals surface area contributed by atoms with Gasteiger partial charge in [0.05, 0.1) is 17.9 Å². The SMILES string of the molecule is CCOC(=O)c1cccc(N2SCCC2(O)O)c1. The molecule has 0 saturated carbocycles. The van der Waals surface area contributed by atoms with Gasteiger partial charge < -0.3 is 14.9 Å². The van der Waals surface area contributed by atoms with Crippen LogP contribution in [0.15, 0.2) is 24.3 Å². The number of aliphatic hydroxyl groups is 2. The molecule has 0 amide bonds. The highest BCUT2D eigenvalue weighted by Gasteiger charge is 2.38. The Morgan fingerprint density at radius 1 is 1.56 bits per heavy atom. The molecule has 1 heterocycles. The van der Waals surface area contributed by atoms with Gasteiger partial charge in [0.25, 0.3) is 5.91 Å². The molecule has 1 aliphatic heterocycles. The summed E-state index contributed by atoms with van der Waals surface area (Å²) in [7, 11) is 0. The number of rotatable bonds is 3. The van der Waals surface area contributed by atoms with E-state index in [1.54, 1.807) is 31.2 Å². The zero-order chi connectivity index (χ0) is 13.2. The van der Waals surface area contributed by atoms with Gasteiger partial charge in [-0.25, -0.2) is 4.79 Å². The van der Waals surface area contributed by atoms with E-state index in [0.29, 0.717) is 23.6 Å². The van der Waals surface area contributed by atoms with Crippen molar-refractivity contribution in [3.8, 4) is 0 Å². The second-order valence-electron chi connectivity index (χ2n) is 3.92. The average molecular weight is 269 g/mol. The zero-order valence-electron chi connectivity index (χ0n) is 10.00. The van der Waals surface area contributed by atoms with Crippen LogP contribution >= 0.6 is 11.9 Å². The van der Waals surface area contributed by atoms with Crippen molar-refractivity contribution in [2.75, 3.05) is 16.7 Å². The van der Waals surface area contributed by atoms with Crippen molar-refractivity contribution in [2.45, 2.75) is 19.3 Å². The Hall–Kier alpha value is -1.24. The molecule has 0 atom stereocenters. The first-order chi connectivity index (χ1) is 8.54. The lowest BCUT2D eigenvalue weighted by Gasteiger charge is -2.28. The maximum atomic E-state index is 11.6. The van der Waals surface area contributed by atoms with Crippen molar-refractivity contribution < 1.29 is 19.7 Å². The number of nitrogens with zero attached hydrogens (tertiary/aromatic N) is 1. The van der Waals surface area contributed by atoms with E-state index in [1.165, 1.54) is 16.3 Å². The fraction of sp³-hybridized carbons (Fsp3) is 0.417. The minimum Gasteiger partial charge on any atom is -0.462 e. The van der Waals surface area contributed by atoms with Gasteiger partial charge in [0.1, 0.15) is 0 Å². The lowest BCUT2D eigenvalue weighted by Crippen LogP contribution is -2.40. The van der Waals surface area contributed by atoms with E-state index in [4.69, 9.17) is 4.74 Å². The van der Waals surface area contributed by atoms with Crippen LogP contribution in [0.3, 0.4) is 0 Å². The van der Waals surface area contributed by atoms with Crippen molar-refractivity contribution in [3.63, 3.8) is 0 Å². The molecule has 1 saturated heterocycles. The Morgan fingerprint density at radius 3 is 2.94 bits per heavy atom. The van der Waals surface area contributed by atoms with E-state index >= 15 is 0 Å². The number of benzene rings is 1. The molecule has 0 bridgehead atoms. The topological polar surface area (TPSA) is 70.0 Å². The van der Waals surface area contributed by atoms with E-state index in [9.17, 15) is 15.0 Å². The van der Waals surface area contributed by atoms with Gasteiger partial charge in [-0.2, -0.15) is 0 Å². The zero-order valence-corrected chi connectivity index (χ0v) is 10.8. The molecule has 0 unspecified atom stereocenters. The summed E-state index contributed by atoms with van der Waals surface area (Å²) in [5.74, 6) is -1.65. The summed E-state index contributed by atoms with van der Waals surface area (Å²) in [4.78, 5) is 11.6. The van der Waals surface area contributed by atoms with E-state index in [0.717, 1.165) is 0 Å². The highest BCUT2D eigenvalue weighted by atomic mass is 32.2. The molecular formula is C12H15NO4S. The predicted molar refractivity (Wildman–Crippen MR) is 69.1 cm³/mol. The fourth-order valence-corrected chi connectivity index (χ4v) is 2.84. The second-order valence-corrected chi connectivity index (χ2v) is 4.95. The van der Waals surface area contributed by atoms with Gasteiger partial charge in [-0.3, -0.25) is 4.31 Å². The van der Waals surface area contributed by atoms with Crippen LogP contribution in [0.2, 0.25) is 0 Å². The summed E-state index contributed by atoms with van der Waals surface area (Å²) in [5, 5.41) is 19.6. The van der Waals surface area contributed by atoms with E-state index < -0.39 is 11.9 Å². The largest absolute Gasteiger partial charge is 0.462 e. The number of carbonyl (C=O) groups excluding carboxylic acids is 1. The lowest BCUT2D eigenvalue weighted by atomic mass is 10.2. The normalized spacial score (nSPS) is 17.8. The first-order valence-electron chi connectivity index (χ1n) is 5.69. The van der Waals surface area contributed by atoms with Crippen molar-refractivity contribution >= 4 is 23.6 Å². The van der Waals surface area contributed by atoms with E-state index in [1.807, 2.05) is 0 Å². The van der Waals surface area contributed by atoms with Crippen LogP contribution in [-0.4, -0.2) is 34.5 Å².